The monoisotopic (exact) mass is 301 g/mol. The third-order valence-corrected chi connectivity index (χ3v) is 3.93. The van der Waals surface area contributed by atoms with Crippen molar-refractivity contribution in [3.63, 3.8) is 0 Å². The summed E-state index contributed by atoms with van der Waals surface area (Å²) in [5, 5.41) is 13.2. The number of esters is 1. The van der Waals surface area contributed by atoms with Crippen LogP contribution in [0.4, 0.5) is 0 Å². The van der Waals surface area contributed by atoms with E-state index in [2.05, 4.69) is 6.92 Å². The number of pyridine rings is 1. The molecule has 4 heteroatoms. The number of benzene rings is 1. The number of carbonyl (C=O) groups is 1. The second-order valence-electron chi connectivity index (χ2n) is 5.69. The molecule has 0 aliphatic rings. The fraction of sp³-hybridized carbons (Fsp3) is 0.444. The van der Waals surface area contributed by atoms with Crippen LogP contribution in [0.2, 0.25) is 0 Å². The van der Waals surface area contributed by atoms with Gasteiger partial charge in [0.2, 0.25) is 5.52 Å². The number of nitrogens with zero attached hydrogens (tertiary/aromatic N) is 1. The first-order chi connectivity index (χ1) is 10.5. The van der Waals surface area contributed by atoms with Crippen LogP contribution in [0.5, 0.6) is 5.75 Å². The Balaban J connectivity index is 2.31. The number of rotatable bonds is 6. The number of ether oxygens (including phenoxy) is 1. The molecule has 0 spiro atoms. The lowest BCUT2D eigenvalue weighted by Gasteiger charge is -2.11. The van der Waals surface area contributed by atoms with Crippen LogP contribution in [0.3, 0.4) is 0 Å². The van der Waals surface area contributed by atoms with E-state index in [1.54, 1.807) is 18.3 Å². The van der Waals surface area contributed by atoms with E-state index in [0.717, 1.165) is 34.1 Å². The number of fused-ring (bicyclic) bond motifs is 1. The van der Waals surface area contributed by atoms with Gasteiger partial charge in [0.15, 0.2) is 6.20 Å². The summed E-state index contributed by atoms with van der Waals surface area (Å²) in [6, 6.07) is 5.21. The van der Waals surface area contributed by atoms with Crippen molar-refractivity contribution in [3.8, 4) is 5.75 Å². The van der Waals surface area contributed by atoms with Gasteiger partial charge >= 0.3 is 5.97 Å². The highest BCUT2D eigenvalue weighted by molar-refractivity contribution is 5.82. The molecule has 22 heavy (non-hydrogen) atoms. The third kappa shape index (κ3) is 3.75. The number of unbranched alkanes of at least 4 members (excludes halogenated alkanes) is 3. The van der Waals surface area contributed by atoms with E-state index in [9.17, 15) is 10.0 Å². The first kappa shape index (κ1) is 16.3. The van der Waals surface area contributed by atoms with E-state index < -0.39 is 0 Å². The zero-order chi connectivity index (χ0) is 16.1. The molecule has 0 amide bonds. The number of aryl methyl sites for hydroxylation is 2. The summed E-state index contributed by atoms with van der Waals surface area (Å²) < 4.78 is 5.93. The van der Waals surface area contributed by atoms with E-state index in [0.29, 0.717) is 11.3 Å². The Morgan fingerprint density at radius 1 is 1.27 bits per heavy atom. The largest absolute Gasteiger partial charge is 0.618 e. The van der Waals surface area contributed by atoms with Crippen LogP contribution in [-0.4, -0.2) is 5.97 Å². The molecule has 0 atom stereocenters. The smallest absolute Gasteiger partial charge is 0.308 e. The molecule has 0 N–H and O–H groups in total. The van der Waals surface area contributed by atoms with Gasteiger partial charge in [0, 0.05) is 12.5 Å². The first-order valence-corrected chi connectivity index (χ1v) is 7.86. The standard InChI is InChI=1S/C18H23NO3/c1-4-5-6-7-8-15-12-19(21)18-11-16(22-14(3)20)9-10-17(18)13(15)2/h9-12H,4-8H2,1-3H3. The van der Waals surface area contributed by atoms with Gasteiger partial charge in [-0.1, -0.05) is 26.2 Å². The van der Waals surface area contributed by atoms with E-state index >= 15 is 0 Å². The molecular weight excluding hydrogens is 278 g/mol. The highest BCUT2D eigenvalue weighted by atomic mass is 16.5. The first-order valence-electron chi connectivity index (χ1n) is 7.86. The topological polar surface area (TPSA) is 53.2 Å². The Morgan fingerprint density at radius 3 is 2.73 bits per heavy atom. The maximum absolute atomic E-state index is 12.3. The lowest BCUT2D eigenvalue weighted by Crippen LogP contribution is -2.28. The van der Waals surface area contributed by atoms with Crippen molar-refractivity contribution in [3.05, 3.63) is 40.7 Å². The van der Waals surface area contributed by atoms with Crippen molar-refractivity contribution in [2.75, 3.05) is 0 Å². The summed E-state index contributed by atoms with van der Waals surface area (Å²) in [7, 11) is 0. The zero-order valence-corrected chi connectivity index (χ0v) is 13.5. The molecule has 1 heterocycles. The molecule has 0 saturated carbocycles. The molecule has 1 aromatic heterocycles. The van der Waals surface area contributed by atoms with Crippen LogP contribution in [-0.2, 0) is 11.2 Å². The SMILES string of the molecule is CCCCCCc1c[n+]([O-])c2cc(OC(C)=O)ccc2c1C. The maximum atomic E-state index is 12.3. The van der Waals surface area contributed by atoms with Gasteiger partial charge in [-0.3, -0.25) is 4.79 Å². The Kier molecular flexibility index (Phi) is 5.36. The summed E-state index contributed by atoms with van der Waals surface area (Å²) in [5.41, 5.74) is 2.76. The minimum Gasteiger partial charge on any atom is -0.618 e. The minimum absolute atomic E-state index is 0.388. The summed E-state index contributed by atoms with van der Waals surface area (Å²) >= 11 is 0. The van der Waals surface area contributed by atoms with Gasteiger partial charge in [0.25, 0.3) is 0 Å². The summed E-state index contributed by atoms with van der Waals surface area (Å²) in [6.07, 6.45) is 7.31. The Hall–Kier alpha value is -2.10. The second-order valence-corrected chi connectivity index (χ2v) is 5.69. The van der Waals surface area contributed by atoms with Crippen molar-refractivity contribution in [1.29, 1.82) is 0 Å². The van der Waals surface area contributed by atoms with Gasteiger partial charge in [-0.2, -0.15) is 4.73 Å². The van der Waals surface area contributed by atoms with Gasteiger partial charge in [0.05, 0.1) is 11.5 Å². The summed E-state index contributed by atoms with van der Waals surface area (Å²) in [4.78, 5) is 11.0. The van der Waals surface area contributed by atoms with Crippen LogP contribution < -0.4 is 9.47 Å². The Morgan fingerprint density at radius 2 is 2.05 bits per heavy atom. The van der Waals surface area contributed by atoms with E-state index in [1.807, 2.05) is 13.0 Å². The van der Waals surface area contributed by atoms with E-state index in [4.69, 9.17) is 4.74 Å². The van der Waals surface area contributed by atoms with Crippen molar-refractivity contribution >= 4 is 16.9 Å². The number of hydrogen-bond acceptors (Lipinski definition) is 3. The van der Waals surface area contributed by atoms with Gasteiger partial charge in [-0.25, -0.2) is 0 Å². The third-order valence-electron chi connectivity index (χ3n) is 3.93. The second kappa shape index (κ2) is 7.25. The van der Waals surface area contributed by atoms with Gasteiger partial charge in [0.1, 0.15) is 5.75 Å². The lowest BCUT2D eigenvalue weighted by molar-refractivity contribution is -0.577. The Labute approximate surface area is 131 Å². The van der Waals surface area contributed by atoms with E-state index in [1.165, 1.54) is 26.2 Å². The van der Waals surface area contributed by atoms with Crippen LogP contribution in [0.25, 0.3) is 10.9 Å². The van der Waals surface area contributed by atoms with Crippen molar-refractivity contribution < 1.29 is 14.3 Å². The summed E-state index contributed by atoms with van der Waals surface area (Å²) in [6.45, 7) is 5.58. The molecule has 4 nitrogen and oxygen atoms in total. The zero-order valence-electron chi connectivity index (χ0n) is 13.5. The fourth-order valence-corrected chi connectivity index (χ4v) is 2.72. The molecule has 0 saturated heterocycles. The van der Waals surface area contributed by atoms with Crippen LogP contribution >= 0.6 is 0 Å². The van der Waals surface area contributed by atoms with Crippen LogP contribution in [0.1, 0.15) is 50.7 Å². The minimum atomic E-state index is -0.388. The van der Waals surface area contributed by atoms with Crippen LogP contribution in [0.15, 0.2) is 24.4 Å². The summed E-state index contributed by atoms with van der Waals surface area (Å²) in [5.74, 6) is 0.0146. The molecule has 2 aromatic rings. The molecule has 0 bridgehead atoms. The predicted molar refractivity (Wildman–Crippen MR) is 86.8 cm³/mol. The highest BCUT2D eigenvalue weighted by Gasteiger charge is 2.14. The lowest BCUT2D eigenvalue weighted by atomic mass is 10.00. The van der Waals surface area contributed by atoms with Gasteiger partial charge in [-0.15, -0.1) is 0 Å². The van der Waals surface area contributed by atoms with E-state index in [-0.39, 0.29) is 5.97 Å². The number of aromatic nitrogens is 1. The van der Waals surface area contributed by atoms with Crippen molar-refractivity contribution in [1.82, 2.24) is 0 Å². The molecule has 0 unspecified atom stereocenters. The molecule has 0 aliphatic heterocycles. The normalized spacial score (nSPS) is 10.9. The number of carbonyl (C=O) groups excluding carboxylic acids is 1. The van der Waals surface area contributed by atoms with Crippen molar-refractivity contribution in [2.24, 2.45) is 0 Å². The number of hydrogen-bond donors (Lipinski definition) is 0. The Bertz CT molecular complexity index is 680. The quantitative estimate of drug-likeness (QED) is 0.268. The van der Waals surface area contributed by atoms with Crippen LogP contribution in [0, 0.1) is 12.1 Å². The average molecular weight is 301 g/mol. The maximum Gasteiger partial charge on any atom is 0.308 e. The molecule has 118 valence electrons. The molecule has 0 radical (unpaired) electrons. The molecule has 0 fully saturated rings. The fourth-order valence-electron chi connectivity index (χ4n) is 2.72. The van der Waals surface area contributed by atoms with Gasteiger partial charge in [-0.05, 0) is 37.5 Å². The van der Waals surface area contributed by atoms with Crippen molar-refractivity contribution in [2.45, 2.75) is 52.9 Å². The molecular formula is C18H23NO3. The average Bonchev–Trinajstić information content (AvgIpc) is 2.48. The predicted octanol–water partition coefficient (Wildman–Crippen LogP) is 3.83. The van der Waals surface area contributed by atoms with Gasteiger partial charge < -0.3 is 9.94 Å². The molecule has 0 aliphatic carbocycles. The highest BCUT2D eigenvalue weighted by Crippen LogP contribution is 2.24. The molecule has 2 rings (SSSR count). The molecule has 1 aromatic carbocycles.